The van der Waals surface area contributed by atoms with E-state index in [-0.39, 0.29) is 11.4 Å². The number of hydrogen-bond acceptors (Lipinski definition) is 4. The molecule has 6 rings (SSSR count). The molecule has 1 N–H and O–H groups in total. The molecular weight excluding hydrogens is 398 g/mol. The fourth-order valence-corrected chi connectivity index (χ4v) is 10.0. The molecule has 0 unspecified atom stereocenters. The minimum atomic E-state index is -0.579. The van der Waals surface area contributed by atoms with Crippen LogP contribution in [0.1, 0.15) is 90.9 Å². The van der Waals surface area contributed by atoms with Crippen LogP contribution in [-0.2, 0) is 9.53 Å². The van der Waals surface area contributed by atoms with E-state index in [2.05, 4.69) is 18.7 Å². The van der Waals surface area contributed by atoms with Crippen LogP contribution in [0.4, 0.5) is 0 Å². The molecule has 2 heterocycles. The van der Waals surface area contributed by atoms with Gasteiger partial charge in [-0.15, -0.1) is 0 Å². The highest BCUT2D eigenvalue weighted by Gasteiger charge is 2.67. The van der Waals surface area contributed by atoms with Gasteiger partial charge in [-0.2, -0.15) is 0 Å². The fourth-order valence-electron chi connectivity index (χ4n) is 10.0. The number of fused-ring (bicyclic) bond motifs is 5. The molecular formula is C28H43NO3. The van der Waals surface area contributed by atoms with Crippen LogP contribution in [0.25, 0.3) is 0 Å². The summed E-state index contributed by atoms with van der Waals surface area (Å²) in [6.45, 7) is 8.03. The Bertz CT molecular complexity index is 802. The molecule has 178 valence electrons. The van der Waals surface area contributed by atoms with E-state index in [0.29, 0.717) is 29.8 Å². The number of carbonyl (C=O) groups excluding carboxylic acids is 1. The summed E-state index contributed by atoms with van der Waals surface area (Å²) in [5, 5.41) is 12.4. The minimum Gasteiger partial charge on any atom is -0.458 e. The number of esters is 1. The van der Waals surface area contributed by atoms with Gasteiger partial charge in [0.05, 0.1) is 5.60 Å². The predicted octanol–water partition coefficient (Wildman–Crippen LogP) is 5.10. The van der Waals surface area contributed by atoms with Crippen LogP contribution in [0.3, 0.4) is 0 Å². The lowest BCUT2D eigenvalue weighted by Crippen LogP contribution is -2.62. The van der Waals surface area contributed by atoms with Crippen molar-refractivity contribution in [2.45, 2.75) is 103 Å². The molecule has 8 atom stereocenters. The van der Waals surface area contributed by atoms with Crippen LogP contribution in [0.15, 0.2) is 11.6 Å². The monoisotopic (exact) mass is 441 g/mol. The average molecular weight is 442 g/mol. The number of ether oxygens (including phenoxy) is 1. The molecule has 4 nitrogen and oxygen atoms in total. The fraction of sp³-hybridized carbons (Fsp3) is 0.893. The lowest BCUT2D eigenvalue weighted by molar-refractivity contribution is -0.206. The zero-order valence-corrected chi connectivity index (χ0v) is 20.3. The highest BCUT2D eigenvalue weighted by atomic mass is 16.5. The number of carbonyl (C=O) groups is 1. The SMILES string of the molecule is C[C@]12CC[C@H](N3CCCCC3)C[C@H]1CC[C@@H]1[C@@H]2CC[C@]2(C)[C@@H](C3=CC(=O)OC3)CC[C@]12O. The van der Waals surface area contributed by atoms with Gasteiger partial charge < -0.3 is 14.7 Å². The van der Waals surface area contributed by atoms with Gasteiger partial charge in [-0.25, -0.2) is 4.79 Å². The van der Waals surface area contributed by atoms with Crippen LogP contribution in [-0.4, -0.2) is 47.3 Å². The third-order valence-corrected chi connectivity index (χ3v) is 11.9. The van der Waals surface area contributed by atoms with E-state index in [9.17, 15) is 9.90 Å². The first-order chi connectivity index (χ1) is 15.3. The van der Waals surface area contributed by atoms with Crippen molar-refractivity contribution in [2.75, 3.05) is 19.7 Å². The highest BCUT2D eigenvalue weighted by molar-refractivity contribution is 5.85. The van der Waals surface area contributed by atoms with Crippen molar-refractivity contribution in [3.63, 3.8) is 0 Å². The van der Waals surface area contributed by atoms with E-state index in [1.165, 1.54) is 70.9 Å². The summed E-state index contributed by atoms with van der Waals surface area (Å²) >= 11 is 0. The van der Waals surface area contributed by atoms with E-state index in [1.54, 1.807) is 6.08 Å². The van der Waals surface area contributed by atoms with E-state index in [4.69, 9.17) is 4.74 Å². The van der Waals surface area contributed by atoms with Gasteiger partial charge in [0.25, 0.3) is 0 Å². The van der Waals surface area contributed by atoms with Gasteiger partial charge in [-0.05, 0) is 118 Å². The smallest absolute Gasteiger partial charge is 0.331 e. The molecule has 0 aromatic carbocycles. The van der Waals surface area contributed by atoms with Crippen molar-refractivity contribution in [3.8, 4) is 0 Å². The van der Waals surface area contributed by atoms with Gasteiger partial charge in [0.2, 0.25) is 0 Å². The maximum Gasteiger partial charge on any atom is 0.331 e. The molecule has 4 heteroatoms. The Morgan fingerprint density at radius 1 is 0.969 bits per heavy atom. The van der Waals surface area contributed by atoms with E-state index < -0.39 is 5.60 Å². The van der Waals surface area contributed by atoms with E-state index >= 15 is 0 Å². The maximum absolute atomic E-state index is 12.4. The summed E-state index contributed by atoms with van der Waals surface area (Å²) in [5.41, 5.74) is 0.858. The van der Waals surface area contributed by atoms with Crippen molar-refractivity contribution >= 4 is 5.97 Å². The molecule has 4 saturated carbocycles. The van der Waals surface area contributed by atoms with Crippen molar-refractivity contribution in [1.82, 2.24) is 4.90 Å². The summed E-state index contributed by atoms with van der Waals surface area (Å²) in [6, 6.07) is 0.810. The Labute approximate surface area is 194 Å². The second-order valence-corrected chi connectivity index (χ2v) is 12.8. The lowest BCUT2D eigenvalue weighted by Gasteiger charge is -2.64. The average Bonchev–Trinajstić information content (AvgIpc) is 3.34. The largest absolute Gasteiger partial charge is 0.458 e. The number of rotatable bonds is 2. The first kappa shape index (κ1) is 21.6. The molecule has 0 aromatic rings. The first-order valence-electron chi connectivity index (χ1n) is 13.7. The van der Waals surface area contributed by atoms with Gasteiger partial charge in [-0.1, -0.05) is 20.3 Å². The van der Waals surface area contributed by atoms with Gasteiger partial charge in [0, 0.05) is 17.5 Å². The van der Waals surface area contributed by atoms with Crippen molar-refractivity contribution in [1.29, 1.82) is 0 Å². The van der Waals surface area contributed by atoms with Crippen LogP contribution in [0.5, 0.6) is 0 Å². The molecule has 32 heavy (non-hydrogen) atoms. The molecule has 0 radical (unpaired) electrons. The molecule has 6 aliphatic rings. The highest BCUT2D eigenvalue weighted by Crippen LogP contribution is 2.70. The van der Waals surface area contributed by atoms with Gasteiger partial charge in [0.1, 0.15) is 6.61 Å². The Morgan fingerprint density at radius 3 is 2.53 bits per heavy atom. The molecule has 0 bridgehead atoms. The van der Waals surface area contributed by atoms with E-state index in [0.717, 1.165) is 36.8 Å². The number of hydrogen-bond donors (Lipinski definition) is 1. The molecule has 4 aliphatic carbocycles. The Hall–Kier alpha value is -0.870. The molecule has 5 fully saturated rings. The summed E-state index contributed by atoms with van der Waals surface area (Å²) in [6.07, 6.45) is 16.8. The lowest BCUT2D eigenvalue weighted by atomic mass is 9.43. The van der Waals surface area contributed by atoms with Crippen molar-refractivity contribution in [2.24, 2.45) is 34.5 Å². The summed E-state index contributed by atoms with van der Waals surface area (Å²) in [4.78, 5) is 14.6. The number of cyclic esters (lactones) is 1. The van der Waals surface area contributed by atoms with Gasteiger partial charge in [-0.3, -0.25) is 0 Å². The molecule has 0 amide bonds. The number of aliphatic hydroxyl groups is 1. The summed E-state index contributed by atoms with van der Waals surface area (Å²) in [7, 11) is 0. The van der Waals surface area contributed by atoms with Crippen LogP contribution >= 0.6 is 0 Å². The van der Waals surface area contributed by atoms with Crippen LogP contribution in [0.2, 0.25) is 0 Å². The van der Waals surface area contributed by atoms with Crippen molar-refractivity contribution < 1.29 is 14.6 Å². The third-order valence-electron chi connectivity index (χ3n) is 11.9. The zero-order valence-electron chi connectivity index (χ0n) is 20.3. The van der Waals surface area contributed by atoms with Gasteiger partial charge >= 0.3 is 5.97 Å². The van der Waals surface area contributed by atoms with Crippen LogP contribution in [0, 0.1) is 34.5 Å². The maximum atomic E-state index is 12.4. The zero-order chi connectivity index (χ0) is 22.1. The second kappa shape index (κ2) is 7.57. The second-order valence-electron chi connectivity index (χ2n) is 12.8. The number of nitrogens with zero attached hydrogens (tertiary/aromatic N) is 1. The van der Waals surface area contributed by atoms with Crippen molar-refractivity contribution in [3.05, 3.63) is 11.6 Å². The molecule has 1 saturated heterocycles. The van der Waals surface area contributed by atoms with Gasteiger partial charge in [0.15, 0.2) is 0 Å². The normalized spacial score (nSPS) is 51.4. The topological polar surface area (TPSA) is 49.8 Å². The number of likely N-dealkylation sites (tertiary alicyclic amines) is 1. The summed E-state index contributed by atoms with van der Waals surface area (Å²) < 4.78 is 5.27. The number of piperidine rings is 1. The van der Waals surface area contributed by atoms with Crippen LogP contribution < -0.4 is 0 Å². The molecule has 0 aromatic heterocycles. The Morgan fingerprint density at radius 2 is 1.78 bits per heavy atom. The molecule has 0 spiro atoms. The quantitative estimate of drug-likeness (QED) is 0.606. The van der Waals surface area contributed by atoms with E-state index in [1.807, 2.05) is 0 Å². The Balaban J connectivity index is 1.23. The predicted molar refractivity (Wildman–Crippen MR) is 125 cm³/mol. The summed E-state index contributed by atoms with van der Waals surface area (Å²) in [5.74, 6) is 2.04. The third kappa shape index (κ3) is 2.97. The standard InChI is InChI=1S/C28H43NO3/c1-26-11-8-21(29-14-4-3-5-15-29)17-20(26)6-7-24-23(26)9-12-27(2)22(10-13-28(24,27)31)19-16-25(30)32-18-19/h16,20-24,31H,3-15,17-18H2,1-2H3/t20-,21+,22-,23+,24-,26+,27-,28+/m1/s1. The Kier molecular flexibility index (Phi) is 5.12. The minimum absolute atomic E-state index is 0.109. The first-order valence-corrected chi connectivity index (χ1v) is 13.7. The molecule has 2 aliphatic heterocycles.